The van der Waals surface area contributed by atoms with E-state index in [9.17, 15) is 14.7 Å². The lowest BCUT2D eigenvalue weighted by atomic mass is 9.94. The fraction of sp³-hybridized carbons (Fsp3) is 0.407. The van der Waals surface area contributed by atoms with E-state index in [1.165, 1.54) is 0 Å². The Bertz CT molecular complexity index is 1090. The zero-order chi connectivity index (χ0) is 24.2. The van der Waals surface area contributed by atoms with Crippen molar-refractivity contribution in [3.8, 4) is 5.75 Å². The van der Waals surface area contributed by atoms with Gasteiger partial charge < -0.3 is 19.5 Å². The Morgan fingerprint density at radius 1 is 1.06 bits per heavy atom. The quantitative estimate of drug-likeness (QED) is 0.384. The Balaban J connectivity index is 1.68. The number of nitrogens with zero attached hydrogens (tertiary/aromatic N) is 2. The highest BCUT2D eigenvalue weighted by atomic mass is 16.5. The fourth-order valence-corrected chi connectivity index (χ4v) is 4.68. The number of amides is 1. The molecular formula is C27H32N2O5. The number of benzene rings is 2. The molecule has 2 aromatic rings. The third kappa shape index (κ3) is 4.86. The molecule has 7 heteroatoms. The molecule has 2 fully saturated rings. The molecular weight excluding hydrogens is 432 g/mol. The maximum atomic E-state index is 13.2. The van der Waals surface area contributed by atoms with Crippen molar-refractivity contribution in [1.82, 2.24) is 9.80 Å². The molecule has 2 aromatic carbocycles. The average molecular weight is 465 g/mol. The smallest absolute Gasteiger partial charge is 0.295 e. The van der Waals surface area contributed by atoms with Crippen LogP contribution in [0.1, 0.15) is 34.7 Å². The molecule has 34 heavy (non-hydrogen) atoms. The monoisotopic (exact) mass is 464 g/mol. The highest BCUT2D eigenvalue weighted by Crippen LogP contribution is 2.40. The predicted molar refractivity (Wildman–Crippen MR) is 130 cm³/mol. The van der Waals surface area contributed by atoms with E-state index in [1.54, 1.807) is 30.2 Å². The second-order valence-corrected chi connectivity index (χ2v) is 8.90. The molecule has 2 aliphatic heterocycles. The van der Waals surface area contributed by atoms with Crippen molar-refractivity contribution in [1.29, 1.82) is 0 Å². The van der Waals surface area contributed by atoms with Crippen molar-refractivity contribution in [2.75, 3.05) is 46.5 Å². The Morgan fingerprint density at radius 2 is 1.76 bits per heavy atom. The van der Waals surface area contributed by atoms with Gasteiger partial charge in [-0.1, -0.05) is 29.8 Å². The minimum absolute atomic E-state index is 0.129. The minimum Gasteiger partial charge on any atom is -0.507 e. The lowest BCUT2D eigenvalue weighted by Crippen LogP contribution is -2.38. The van der Waals surface area contributed by atoms with Gasteiger partial charge >= 0.3 is 0 Å². The fourth-order valence-electron chi connectivity index (χ4n) is 4.68. The molecule has 4 rings (SSSR count). The van der Waals surface area contributed by atoms with Gasteiger partial charge in [0.25, 0.3) is 11.7 Å². The molecule has 2 aliphatic rings. The maximum absolute atomic E-state index is 13.2. The molecule has 0 unspecified atom stereocenters. The summed E-state index contributed by atoms with van der Waals surface area (Å²) in [7, 11) is 1.59. The number of hydrogen-bond acceptors (Lipinski definition) is 6. The molecule has 1 atom stereocenters. The summed E-state index contributed by atoms with van der Waals surface area (Å²) in [6.07, 6.45) is 0.733. The summed E-state index contributed by atoms with van der Waals surface area (Å²) in [5.74, 6) is -0.692. The Hall–Kier alpha value is -3.16. The van der Waals surface area contributed by atoms with Crippen molar-refractivity contribution < 1.29 is 24.2 Å². The normalized spacial score (nSPS) is 20.7. The summed E-state index contributed by atoms with van der Waals surface area (Å²) in [5.41, 5.74) is 3.34. The van der Waals surface area contributed by atoms with Gasteiger partial charge in [0.05, 0.1) is 31.9 Å². The van der Waals surface area contributed by atoms with Crippen LogP contribution in [-0.2, 0) is 14.3 Å². The molecule has 2 saturated heterocycles. The largest absolute Gasteiger partial charge is 0.507 e. The summed E-state index contributed by atoms with van der Waals surface area (Å²) in [5, 5.41) is 11.2. The van der Waals surface area contributed by atoms with Crippen LogP contribution >= 0.6 is 0 Å². The highest BCUT2D eigenvalue weighted by molar-refractivity contribution is 6.46. The molecule has 0 saturated carbocycles. The van der Waals surface area contributed by atoms with Crippen LogP contribution in [-0.4, -0.2) is 73.1 Å². The van der Waals surface area contributed by atoms with Crippen molar-refractivity contribution in [2.24, 2.45) is 0 Å². The number of morpholine rings is 1. The summed E-state index contributed by atoms with van der Waals surface area (Å²) < 4.78 is 10.7. The van der Waals surface area contributed by atoms with Crippen LogP contribution in [0.3, 0.4) is 0 Å². The van der Waals surface area contributed by atoms with Crippen LogP contribution < -0.4 is 4.74 Å². The van der Waals surface area contributed by atoms with Crippen molar-refractivity contribution in [3.63, 3.8) is 0 Å². The number of Topliss-reactive ketones (excluding diaryl/α,β-unsaturated/α-hetero) is 1. The maximum Gasteiger partial charge on any atom is 0.295 e. The van der Waals surface area contributed by atoms with Gasteiger partial charge in [0, 0.05) is 31.7 Å². The van der Waals surface area contributed by atoms with Crippen LogP contribution in [0.4, 0.5) is 0 Å². The minimum atomic E-state index is -0.650. The number of rotatable bonds is 7. The van der Waals surface area contributed by atoms with Gasteiger partial charge in [-0.2, -0.15) is 0 Å². The summed E-state index contributed by atoms with van der Waals surface area (Å²) in [6.45, 7) is 8.29. The number of methoxy groups -OCH3 is 1. The van der Waals surface area contributed by atoms with Crippen LogP contribution in [0.15, 0.2) is 48.0 Å². The van der Waals surface area contributed by atoms with Gasteiger partial charge in [0.1, 0.15) is 11.5 Å². The molecule has 0 spiro atoms. The molecule has 1 N–H and O–H groups in total. The summed E-state index contributed by atoms with van der Waals surface area (Å²) in [4.78, 5) is 30.2. The van der Waals surface area contributed by atoms with Crippen LogP contribution in [0, 0.1) is 13.8 Å². The molecule has 0 aromatic heterocycles. The van der Waals surface area contributed by atoms with E-state index < -0.39 is 17.7 Å². The summed E-state index contributed by atoms with van der Waals surface area (Å²) in [6, 6.07) is 12.4. The number of ether oxygens (including phenoxy) is 2. The van der Waals surface area contributed by atoms with E-state index in [0.29, 0.717) is 17.9 Å². The number of carbonyl (C=O) groups excluding carboxylic acids is 2. The number of hydrogen-bond donors (Lipinski definition) is 1. The van der Waals surface area contributed by atoms with E-state index in [-0.39, 0.29) is 11.3 Å². The van der Waals surface area contributed by atoms with Gasteiger partial charge in [-0.25, -0.2) is 0 Å². The van der Waals surface area contributed by atoms with Crippen LogP contribution in [0.2, 0.25) is 0 Å². The molecule has 0 bridgehead atoms. The number of aryl methyl sites for hydroxylation is 2. The molecule has 1 amide bonds. The molecule has 2 heterocycles. The van der Waals surface area contributed by atoms with Crippen molar-refractivity contribution in [3.05, 3.63) is 70.3 Å². The third-order valence-electron chi connectivity index (χ3n) is 6.58. The first-order valence-corrected chi connectivity index (χ1v) is 11.7. The Morgan fingerprint density at radius 3 is 2.41 bits per heavy atom. The van der Waals surface area contributed by atoms with Crippen LogP contribution in [0.5, 0.6) is 5.75 Å². The Labute approximate surface area is 200 Å². The Kier molecular flexibility index (Phi) is 7.34. The van der Waals surface area contributed by atoms with Crippen molar-refractivity contribution >= 4 is 17.4 Å². The van der Waals surface area contributed by atoms with Gasteiger partial charge in [-0.3, -0.25) is 14.5 Å². The van der Waals surface area contributed by atoms with E-state index in [2.05, 4.69) is 4.90 Å². The first kappa shape index (κ1) is 24.0. The molecule has 7 nitrogen and oxygen atoms in total. The topological polar surface area (TPSA) is 79.3 Å². The van der Waals surface area contributed by atoms with Gasteiger partial charge in [-0.15, -0.1) is 0 Å². The van der Waals surface area contributed by atoms with E-state index in [4.69, 9.17) is 9.47 Å². The predicted octanol–water partition coefficient (Wildman–Crippen LogP) is 3.46. The lowest BCUT2D eigenvalue weighted by Gasteiger charge is -2.29. The molecule has 0 radical (unpaired) electrons. The summed E-state index contributed by atoms with van der Waals surface area (Å²) >= 11 is 0. The third-order valence-corrected chi connectivity index (χ3v) is 6.58. The number of aliphatic hydroxyl groups is 1. The van der Waals surface area contributed by atoms with Gasteiger partial charge in [-0.05, 0) is 49.6 Å². The lowest BCUT2D eigenvalue weighted by molar-refractivity contribution is -0.140. The standard InChI is InChI=1S/C27H32N2O5/c1-18-5-7-20(8-6-18)24-23(25(30)21-9-10-22(33-3)19(2)17-21)26(31)27(32)29(24)12-4-11-28-13-15-34-16-14-28/h5-10,17,24,30H,4,11-16H2,1-3H3/b25-23+/t24-/m1/s1. The number of aliphatic hydroxyl groups excluding tert-OH is 1. The van der Waals surface area contributed by atoms with Gasteiger partial charge in [0.2, 0.25) is 0 Å². The first-order valence-electron chi connectivity index (χ1n) is 11.7. The van der Waals surface area contributed by atoms with Crippen molar-refractivity contribution in [2.45, 2.75) is 26.3 Å². The zero-order valence-corrected chi connectivity index (χ0v) is 20.0. The molecule has 180 valence electrons. The zero-order valence-electron chi connectivity index (χ0n) is 20.0. The number of carbonyl (C=O) groups is 2. The number of likely N-dealkylation sites (tertiary alicyclic amines) is 1. The van der Waals surface area contributed by atoms with E-state index in [0.717, 1.165) is 56.0 Å². The van der Waals surface area contributed by atoms with Crippen LogP contribution in [0.25, 0.3) is 5.76 Å². The second-order valence-electron chi connectivity index (χ2n) is 8.90. The van der Waals surface area contributed by atoms with E-state index >= 15 is 0 Å². The second kappa shape index (κ2) is 10.4. The first-order chi connectivity index (χ1) is 16.4. The van der Waals surface area contributed by atoms with Gasteiger partial charge in [0.15, 0.2) is 0 Å². The SMILES string of the molecule is COc1ccc(/C(O)=C2\C(=O)C(=O)N(CCCN3CCOCC3)[C@@H]2c2ccc(C)cc2)cc1C. The molecule has 0 aliphatic carbocycles. The van der Waals surface area contributed by atoms with E-state index in [1.807, 2.05) is 38.1 Å². The highest BCUT2D eigenvalue weighted by Gasteiger charge is 2.45. The average Bonchev–Trinajstić information content (AvgIpc) is 3.09. The number of ketones is 1.